The monoisotopic (exact) mass is 349 g/mol. The van der Waals surface area contributed by atoms with Crippen LogP contribution in [0.5, 0.6) is 5.75 Å². The molecule has 0 atom stereocenters. The van der Waals surface area contributed by atoms with Gasteiger partial charge in [0.25, 0.3) is 0 Å². The number of aromatic nitrogens is 4. The van der Waals surface area contributed by atoms with Crippen molar-refractivity contribution in [1.82, 2.24) is 25.1 Å². The lowest BCUT2D eigenvalue weighted by molar-refractivity contribution is 0.292. The van der Waals surface area contributed by atoms with E-state index in [1.165, 1.54) is 12.8 Å². The van der Waals surface area contributed by atoms with Crippen LogP contribution in [0.2, 0.25) is 0 Å². The second kappa shape index (κ2) is 10.3. The van der Waals surface area contributed by atoms with Crippen LogP contribution in [0.3, 0.4) is 0 Å². The van der Waals surface area contributed by atoms with Crippen LogP contribution in [0.1, 0.15) is 33.6 Å². The lowest BCUT2D eigenvalue weighted by Crippen LogP contribution is -2.27. The Hall–Kier alpha value is -1.60. The summed E-state index contributed by atoms with van der Waals surface area (Å²) in [4.78, 5) is 2.50. The molecule has 0 aliphatic carbocycles. The Kier molecular flexibility index (Phi) is 8.04. The number of tetrazole rings is 1. The molecule has 1 heterocycles. The maximum atomic E-state index is 5.69. The molecule has 7 heteroatoms. The van der Waals surface area contributed by atoms with Gasteiger partial charge in [0.1, 0.15) is 11.4 Å². The third-order valence-corrected chi connectivity index (χ3v) is 4.45. The van der Waals surface area contributed by atoms with Crippen molar-refractivity contribution in [3.63, 3.8) is 0 Å². The van der Waals surface area contributed by atoms with E-state index in [9.17, 15) is 0 Å². The van der Waals surface area contributed by atoms with Crippen LogP contribution in [0, 0.1) is 0 Å². The topological polar surface area (TPSA) is 56.1 Å². The van der Waals surface area contributed by atoms with E-state index < -0.39 is 0 Å². The molecule has 0 aliphatic rings. The fraction of sp³-hybridized carbons (Fsp3) is 0.588. The Labute approximate surface area is 148 Å². The lowest BCUT2D eigenvalue weighted by Gasteiger charge is -2.20. The summed E-state index contributed by atoms with van der Waals surface area (Å²) in [6, 6.07) is 7.85. The third-order valence-electron chi connectivity index (χ3n) is 3.55. The fourth-order valence-corrected chi connectivity index (χ4v) is 3.45. The highest BCUT2D eigenvalue weighted by atomic mass is 32.2. The number of hydrogen-bond donors (Lipinski definition) is 0. The van der Waals surface area contributed by atoms with Gasteiger partial charge in [0, 0.05) is 12.3 Å². The van der Waals surface area contributed by atoms with Crippen molar-refractivity contribution in [2.75, 3.05) is 32.0 Å². The summed E-state index contributed by atoms with van der Waals surface area (Å²) >= 11 is 1.69. The smallest absolute Gasteiger partial charge is 0.214 e. The standard InChI is InChI=1S/C17H27N5OS/c1-4-11-21(12-5-2)13-14-24-17-18-19-20-22(17)15-9-7-8-10-16(15)23-6-3/h7-10H,4-6,11-14H2,1-3H3. The molecule has 0 fully saturated rings. The van der Waals surface area contributed by atoms with Gasteiger partial charge in [-0.3, -0.25) is 0 Å². The summed E-state index contributed by atoms with van der Waals surface area (Å²) in [6.07, 6.45) is 2.37. The number of nitrogens with zero attached hydrogens (tertiary/aromatic N) is 5. The van der Waals surface area contributed by atoms with E-state index in [0.717, 1.165) is 42.0 Å². The molecule has 0 amide bonds. The molecule has 0 saturated heterocycles. The van der Waals surface area contributed by atoms with Crippen LogP contribution < -0.4 is 4.74 Å². The van der Waals surface area contributed by atoms with Gasteiger partial charge in [-0.25, -0.2) is 0 Å². The van der Waals surface area contributed by atoms with E-state index >= 15 is 0 Å². The van der Waals surface area contributed by atoms with Gasteiger partial charge in [-0.15, -0.1) is 5.10 Å². The van der Waals surface area contributed by atoms with Crippen molar-refractivity contribution in [3.8, 4) is 11.4 Å². The van der Waals surface area contributed by atoms with E-state index in [1.807, 2.05) is 31.2 Å². The molecule has 0 aliphatic heterocycles. The SMILES string of the molecule is CCCN(CCC)CCSc1nnnn1-c1ccccc1OCC. The molecule has 0 bridgehead atoms. The minimum absolute atomic E-state index is 0.616. The van der Waals surface area contributed by atoms with Crippen molar-refractivity contribution in [1.29, 1.82) is 0 Å². The zero-order chi connectivity index (χ0) is 17.2. The quantitative estimate of drug-likeness (QED) is 0.580. The van der Waals surface area contributed by atoms with Crippen molar-refractivity contribution < 1.29 is 4.74 Å². The van der Waals surface area contributed by atoms with Crippen LogP contribution in [0.15, 0.2) is 29.4 Å². The predicted octanol–water partition coefficient (Wildman–Crippen LogP) is 3.28. The number of para-hydroxylation sites is 2. The summed E-state index contributed by atoms with van der Waals surface area (Å²) in [6.45, 7) is 10.4. The maximum Gasteiger partial charge on any atom is 0.214 e. The molecule has 2 rings (SSSR count). The molecule has 0 saturated carbocycles. The summed E-state index contributed by atoms with van der Waals surface area (Å²) in [5.74, 6) is 1.77. The van der Waals surface area contributed by atoms with Crippen molar-refractivity contribution >= 4 is 11.8 Å². The second-order valence-electron chi connectivity index (χ2n) is 5.46. The fourth-order valence-electron chi connectivity index (χ4n) is 2.56. The van der Waals surface area contributed by atoms with Crippen LogP contribution in [0.25, 0.3) is 5.69 Å². The molecule has 132 valence electrons. The van der Waals surface area contributed by atoms with Crippen LogP contribution >= 0.6 is 11.8 Å². The van der Waals surface area contributed by atoms with Gasteiger partial charge >= 0.3 is 0 Å². The average Bonchev–Trinajstić information content (AvgIpc) is 3.04. The van der Waals surface area contributed by atoms with Gasteiger partial charge in [-0.05, 0) is 55.4 Å². The van der Waals surface area contributed by atoms with Crippen LogP contribution in [0.4, 0.5) is 0 Å². The maximum absolute atomic E-state index is 5.69. The average molecular weight is 350 g/mol. The van der Waals surface area contributed by atoms with Gasteiger partial charge in [0.15, 0.2) is 0 Å². The molecule has 2 aromatic rings. The van der Waals surface area contributed by atoms with Gasteiger partial charge in [0.2, 0.25) is 5.16 Å². The number of thioether (sulfide) groups is 1. The normalized spacial score (nSPS) is 11.2. The Morgan fingerprint density at radius 1 is 1.08 bits per heavy atom. The summed E-state index contributed by atoms with van der Waals surface area (Å²) < 4.78 is 7.45. The molecule has 24 heavy (non-hydrogen) atoms. The highest BCUT2D eigenvalue weighted by Gasteiger charge is 2.13. The van der Waals surface area contributed by atoms with E-state index in [2.05, 4.69) is 34.3 Å². The largest absolute Gasteiger partial charge is 0.492 e. The van der Waals surface area contributed by atoms with Crippen LogP contribution in [-0.2, 0) is 0 Å². The Morgan fingerprint density at radius 2 is 1.83 bits per heavy atom. The molecular formula is C17H27N5OS. The highest BCUT2D eigenvalue weighted by Crippen LogP contribution is 2.25. The van der Waals surface area contributed by atoms with Crippen molar-refractivity contribution in [2.24, 2.45) is 0 Å². The molecule has 0 N–H and O–H groups in total. The van der Waals surface area contributed by atoms with E-state index in [-0.39, 0.29) is 0 Å². The number of rotatable bonds is 11. The van der Waals surface area contributed by atoms with E-state index in [1.54, 1.807) is 16.4 Å². The molecule has 0 radical (unpaired) electrons. The van der Waals surface area contributed by atoms with Gasteiger partial charge in [-0.1, -0.05) is 37.7 Å². The lowest BCUT2D eigenvalue weighted by atomic mass is 10.3. The summed E-state index contributed by atoms with van der Waals surface area (Å²) in [7, 11) is 0. The minimum Gasteiger partial charge on any atom is -0.492 e. The molecule has 1 aromatic heterocycles. The number of benzene rings is 1. The Bertz CT molecular complexity index is 598. The first-order chi connectivity index (χ1) is 11.8. The molecule has 0 spiro atoms. The van der Waals surface area contributed by atoms with Crippen molar-refractivity contribution in [2.45, 2.75) is 38.8 Å². The minimum atomic E-state index is 0.616. The first kappa shape index (κ1) is 18.7. The van der Waals surface area contributed by atoms with Crippen LogP contribution in [-0.4, -0.2) is 57.1 Å². The van der Waals surface area contributed by atoms with E-state index in [0.29, 0.717) is 6.61 Å². The third kappa shape index (κ3) is 5.21. The van der Waals surface area contributed by atoms with Gasteiger partial charge in [0.05, 0.1) is 6.61 Å². The Morgan fingerprint density at radius 3 is 2.54 bits per heavy atom. The van der Waals surface area contributed by atoms with Crippen molar-refractivity contribution in [3.05, 3.63) is 24.3 Å². The zero-order valence-corrected chi connectivity index (χ0v) is 15.6. The predicted molar refractivity (Wildman–Crippen MR) is 98.1 cm³/mol. The first-order valence-electron chi connectivity index (χ1n) is 8.65. The molecule has 6 nitrogen and oxygen atoms in total. The molecule has 0 unspecified atom stereocenters. The summed E-state index contributed by atoms with van der Waals surface area (Å²) in [5.41, 5.74) is 0.880. The summed E-state index contributed by atoms with van der Waals surface area (Å²) in [5, 5.41) is 13.0. The molecular weight excluding hydrogens is 322 g/mol. The van der Waals surface area contributed by atoms with Gasteiger partial charge in [-0.2, -0.15) is 4.68 Å². The van der Waals surface area contributed by atoms with Gasteiger partial charge < -0.3 is 9.64 Å². The Balaban J connectivity index is 2.03. The van der Waals surface area contributed by atoms with E-state index in [4.69, 9.17) is 4.74 Å². The highest BCUT2D eigenvalue weighted by molar-refractivity contribution is 7.99. The first-order valence-corrected chi connectivity index (χ1v) is 9.64. The number of ether oxygens (including phenoxy) is 1. The zero-order valence-electron chi connectivity index (χ0n) is 14.8. The number of hydrogen-bond acceptors (Lipinski definition) is 6. The molecule has 1 aromatic carbocycles. The second-order valence-corrected chi connectivity index (χ2v) is 6.53.